The lowest BCUT2D eigenvalue weighted by atomic mass is 10.0. The Hall–Kier alpha value is -1.62. The minimum atomic E-state index is 0.230. The zero-order chi connectivity index (χ0) is 14.4. The molecule has 0 aliphatic rings. The van der Waals surface area contributed by atoms with Crippen molar-refractivity contribution >= 4 is 0 Å². The summed E-state index contributed by atoms with van der Waals surface area (Å²) in [4.78, 5) is 4.40. The molecular formula is C15H24N4O. The summed E-state index contributed by atoms with van der Waals surface area (Å²) >= 11 is 0. The molecule has 5 nitrogen and oxygen atoms in total. The largest absolute Gasteiger partial charge is 0.469 e. The Balaban J connectivity index is 2.15. The molecule has 0 aliphatic heterocycles. The smallest absolute Gasteiger partial charge is 0.138 e. The fraction of sp³-hybridized carbons (Fsp3) is 0.600. The molecule has 0 aromatic carbocycles. The van der Waals surface area contributed by atoms with Crippen molar-refractivity contribution in [3.05, 3.63) is 35.8 Å². The lowest BCUT2D eigenvalue weighted by Crippen LogP contribution is -2.25. The Morgan fingerprint density at radius 2 is 2.20 bits per heavy atom. The van der Waals surface area contributed by atoms with Gasteiger partial charge < -0.3 is 9.73 Å². The lowest BCUT2D eigenvalue weighted by Gasteiger charge is -2.18. The van der Waals surface area contributed by atoms with Crippen molar-refractivity contribution in [2.75, 3.05) is 6.54 Å². The summed E-state index contributed by atoms with van der Waals surface area (Å²) in [5.41, 5.74) is 1.21. The zero-order valence-corrected chi connectivity index (χ0v) is 12.6. The van der Waals surface area contributed by atoms with Gasteiger partial charge in [-0.15, -0.1) is 0 Å². The summed E-state index contributed by atoms with van der Waals surface area (Å²) in [7, 11) is 0. The number of nitrogens with one attached hydrogen (secondary N) is 1. The quantitative estimate of drug-likeness (QED) is 0.805. The van der Waals surface area contributed by atoms with Crippen molar-refractivity contribution in [3.8, 4) is 0 Å². The third kappa shape index (κ3) is 3.48. The van der Waals surface area contributed by atoms with Gasteiger partial charge in [0, 0.05) is 24.6 Å². The van der Waals surface area contributed by atoms with Gasteiger partial charge >= 0.3 is 0 Å². The maximum Gasteiger partial charge on any atom is 0.138 e. The van der Waals surface area contributed by atoms with Gasteiger partial charge in [0.05, 0.1) is 6.26 Å². The highest BCUT2D eigenvalue weighted by atomic mass is 16.3. The zero-order valence-electron chi connectivity index (χ0n) is 12.6. The molecule has 0 radical (unpaired) electrons. The van der Waals surface area contributed by atoms with E-state index in [1.807, 2.05) is 17.7 Å². The van der Waals surface area contributed by atoms with E-state index >= 15 is 0 Å². The normalized spacial score (nSPS) is 12.8. The molecule has 5 heteroatoms. The first-order valence-corrected chi connectivity index (χ1v) is 7.40. The van der Waals surface area contributed by atoms with Crippen LogP contribution >= 0.6 is 0 Å². The summed E-state index contributed by atoms with van der Waals surface area (Å²) < 4.78 is 7.44. The number of furan rings is 1. The van der Waals surface area contributed by atoms with E-state index in [2.05, 4.69) is 29.2 Å². The maximum absolute atomic E-state index is 5.44. The van der Waals surface area contributed by atoms with Gasteiger partial charge in [0.2, 0.25) is 0 Å². The topological polar surface area (TPSA) is 55.9 Å². The standard InChI is InChI=1S/C15H24N4O/c1-4-7-16-14(13-6-9-20-12(13)3)10-15-17-11-18-19(15)8-5-2/h6,9,11,14,16H,4-5,7-8,10H2,1-3H3. The van der Waals surface area contributed by atoms with Crippen molar-refractivity contribution in [3.63, 3.8) is 0 Å². The molecule has 0 aliphatic carbocycles. The number of hydrogen-bond donors (Lipinski definition) is 1. The first-order valence-electron chi connectivity index (χ1n) is 7.40. The fourth-order valence-corrected chi connectivity index (χ4v) is 2.39. The van der Waals surface area contributed by atoms with Crippen LogP contribution in [0.3, 0.4) is 0 Å². The second-order valence-electron chi connectivity index (χ2n) is 5.04. The van der Waals surface area contributed by atoms with E-state index in [-0.39, 0.29) is 6.04 Å². The molecule has 1 N–H and O–H groups in total. The van der Waals surface area contributed by atoms with Gasteiger partial charge in [0.15, 0.2) is 0 Å². The van der Waals surface area contributed by atoms with E-state index in [0.717, 1.165) is 43.9 Å². The molecule has 0 fully saturated rings. The van der Waals surface area contributed by atoms with Gasteiger partial charge in [0.25, 0.3) is 0 Å². The molecule has 20 heavy (non-hydrogen) atoms. The third-order valence-corrected chi connectivity index (χ3v) is 3.43. The minimum absolute atomic E-state index is 0.230. The van der Waals surface area contributed by atoms with Gasteiger partial charge in [-0.2, -0.15) is 5.10 Å². The SMILES string of the molecule is CCCNC(Cc1ncnn1CCC)c1ccoc1C. The average Bonchev–Trinajstić information content (AvgIpc) is 3.04. The Bertz CT molecular complexity index is 517. The van der Waals surface area contributed by atoms with Crippen LogP contribution in [0.2, 0.25) is 0 Å². The molecule has 0 saturated carbocycles. The maximum atomic E-state index is 5.44. The molecule has 0 bridgehead atoms. The Kier molecular flexibility index (Phi) is 5.35. The molecule has 110 valence electrons. The first-order chi connectivity index (χ1) is 9.76. The van der Waals surface area contributed by atoms with E-state index in [1.165, 1.54) is 5.56 Å². The van der Waals surface area contributed by atoms with Crippen LogP contribution in [-0.2, 0) is 13.0 Å². The van der Waals surface area contributed by atoms with Crippen LogP contribution in [0.25, 0.3) is 0 Å². The molecule has 2 aromatic rings. The van der Waals surface area contributed by atoms with Gasteiger partial charge in [-0.05, 0) is 32.4 Å². The number of nitrogens with zero attached hydrogens (tertiary/aromatic N) is 3. The Labute approximate surface area is 120 Å². The number of hydrogen-bond acceptors (Lipinski definition) is 4. The van der Waals surface area contributed by atoms with Crippen LogP contribution in [0.4, 0.5) is 0 Å². The van der Waals surface area contributed by atoms with Gasteiger partial charge in [0.1, 0.15) is 17.9 Å². The highest BCUT2D eigenvalue weighted by Gasteiger charge is 2.18. The van der Waals surface area contributed by atoms with E-state index in [9.17, 15) is 0 Å². The molecular weight excluding hydrogens is 252 g/mol. The summed E-state index contributed by atoms with van der Waals surface area (Å²) in [6.07, 6.45) is 6.40. The van der Waals surface area contributed by atoms with Crippen LogP contribution in [0, 0.1) is 6.92 Å². The molecule has 1 unspecified atom stereocenters. The van der Waals surface area contributed by atoms with Crippen molar-refractivity contribution in [2.24, 2.45) is 0 Å². The van der Waals surface area contributed by atoms with Crippen LogP contribution in [0.1, 0.15) is 49.9 Å². The van der Waals surface area contributed by atoms with Crippen LogP contribution in [0.15, 0.2) is 23.1 Å². The molecule has 1 atom stereocenters. The Morgan fingerprint density at radius 1 is 1.35 bits per heavy atom. The summed E-state index contributed by atoms with van der Waals surface area (Å²) in [5, 5.41) is 7.88. The second kappa shape index (κ2) is 7.24. The van der Waals surface area contributed by atoms with E-state index < -0.39 is 0 Å². The first kappa shape index (κ1) is 14.8. The third-order valence-electron chi connectivity index (χ3n) is 3.43. The van der Waals surface area contributed by atoms with Crippen molar-refractivity contribution in [1.29, 1.82) is 0 Å². The summed E-state index contributed by atoms with van der Waals surface area (Å²) in [6, 6.07) is 2.27. The van der Waals surface area contributed by atoms with Crippen molar-refractivity contribution in [2.45, 2.75) is 52.6 Å². The molecule has 2 rings (SSSR count). The molecule has 0 spiro atoms. The van der Waals surface area contributed by atoms with E-state index in [4.69, 9.17) is 4.42 Å². The van der Waals surface area contributed by atoms with Crippen LogP contribution in [-0.4, -0.2) is 21.3 Å². The summed E-state index contributed by atoms with van der Waals surface area (Å²) in [6.45, 7) is 8.23. The van der Waals surface area contributed by atoms with Crippen LogP contribution < -0.4 is 5.32 Å². The van der Waals surface area contributed by atoms with Gasteiger partial charge in [-0.3, -0.25) is 4.68 Å². The predicted molar refractivity (Wildman–Crippen MR) is 78.5 cm³/mol. The van der Waals surface area contributed by atoms with E-state index in [0.29, 0.717) is 0 Å². The van der Waals surface area contributed by atoms with Crippen LogP contribution in [0.5, 0.6) is 0 Å². The minimum Gasteiger partial charge on any atom is -0.469 e. The molecule has 2 aromatic heterocycles. The van der Waals surface area contributed by atoms with Gasteiger partial charge in [-0.1, -0.05) is 13.8 Å². The number of aryl methyl sites for hydroxylation is 2. The summed E-state index contributed by atoms with van der Waals surface area (Å²) in [5.74, 6) is 2.00. The molecule has 0 saturated heterocycles. The second-order valence-corrected chi connectivity index (χ2v) is 5.04. The fourth-order valence-electron chi connectivity index (χ4n) is 2.39. The van der Waals surface area contributed by atoms with E-state index in [1.54, 1.807) is 12.6 Å². The molecule has 2 heterocycles. The highest BCUT2D eigenvalue weighted by Crippen LogP contribution is 2.22. The van der Waals surface area contributed by atoms with Crippen molar-refractivity contribution in [1.82, 2.24) is 20.1 Å². The number of aromatic nitrogens is 3. The molecule has 0 amide bonds. The Morgan fingerprint density at radius 3 is 2.85 bits per heavy atom. The monoisotopic (exact) mass is 276 g/mol. The highest BCUT2D eigenvalue weighted by molar-refractivity contribution is 5.21. The van der Waals surface area contributed by atoms with Gasteiger partial charge in [-0.25, -0.2) is 4.98 Å². The van der Waals surface area contributed by atoms with Crippen molar-refractivity contribution < 1.29 is 4.42 Å². The predicted octanol–water partition coefficient (Wildman–Crippen LogP) is 2.87. The lowest BCUT2D eigenvalue weighted by molar-refractivity contribution is 0.472. The number of rotatable bonds is 8. The average molecular weight is 276 g/mol.